The number of carbonyl (C=O) groups excluding carboxylic acids is 1. The van der Waals surface area contributed by atoms with Gasteiger partial charge >= 0.3 is 5.97 Å². The minimum atomic E-state index is -1.12. The third-order valence-corrected chi connectivity index (χ3v) is 4.10. The van der Waals surface area contributed by atoms with Crippen molar-refractivity contribution in [3.05, 3.63) is 90.4 Å². The molecule has 2 N–H and O–H groups in total. The van der Waals surface area contributed by atoms with Crippen LogP contribution in [0.1, 0.15) is 27.6 Å². The van der Waals surface area contributed by atoms with Crippen molar-refractivity contribution in [3.63, 3.8) is 0 Å². The van der Waals surface area contributed by atoms with Crippen molar-refractivity contribution in [2.75, 3.05) is 5.32 Å². The number of hydrogen-bond donors (Lipinski definition) is 2. The summed E-state index contributed by atoms with van der Waals surface area (Å²) >= 11 is 0. The third-order valence-electron chi connectivity index (χ3n) is 4.10. The molecule has 8 heteroatoms. The monoisotopic (exact) mass is 422 g/mol. The molecule has 3 aromatic rings. The van der Waals surface area contributed by atoms with Crippen LogP contribution in [0.2, 0.25) is 0 Å². The molecular weight excluding hydrogens is 403 g/mol. The SMILES string of the molecule is C=C[C@H](C)Oc1cc(Oc2ccc(F)cc2)cc(C(=O)Nc2ccc(C(=O)O)cn2)c1. The highest BCUT2D eigenvalue weighted by Crippen LogP contribution is 2.29. The number of carboxylic acid groups (broad SMARTS) is 1. The maximum absolute atomic E-state index is 13.1. The van der Waals surface area contributed by atoms with Gasteiger partial charge in [0.05, 0.1) is 5.56 Å². The lowest BCUT2D eigenvalue weighted by Gasteiger charge is -2.14. The van der Waals surface area contributed by atoms with E-state index in [0.717, 1.165) is 6.20 Å². The van der Waals surface area contributed by atoms with Crippen LogP contribution in [-0.2, 0) is 0 Å². The summed E-state index contributed by atoms with van der Waals surface area (Å²) in [5, 5.41) is 11.5. The Kier molecular flexibility index (Phi) is 6.61. The van der Waals surface area contributed by atoms with Crippen molar-refractivity contribution >= 4 is 17.7 Å². The van der Waals surface area contributed by atoms with E-state index in [9.17, 15) is 14.0 Å². The van der Waals surface area contributed by atoms with Gasteiger partial charge in [0.2, 0.25) is 0 Å². The number of aromatic nitrogens is 1. The van der Waals surface area contributed by atoms with E-state index in [2.05, 4.69) is 16.9 Å². The van der Waals surface area contributed by atoms with E-state index in [1.165, 1.54) is 48.5 Å². The van der Waals surface area contributed by atoms with Gasteiger partial charge in [-0.05, 0) is 55.5 Å². The molecule has 0 bridgehead atoms. The smallest absolute Gasteiger partial charge is 0.337 e. The van der Waals surface area contributed by atoms with Crippen LogP contribution >= 0.6 is 0 Å². The molecule has 0 aliphatic carbocycles. The fourth-order valence-electron chi connectivity index (χ4n) is 2.51. The first-order valence-electron chi connectivity index (χ1n) is 9.22. The lowest BCUT2D eigenvalue weighted by Crippen LogP contribution is -2.14. The molecule has 0 aliphatic heterocycles. The van der Waals surface area contributed by atoms with Crippen LogP contribution in [0.25, 0.3) is 0 Å². The summed E-state index contributed by atoms with van der Waals surface area (Å²) in [6.07, 6.45) is 2.43. The molecule has 7 nitrogen and oxygen atoms in total. The van der Waals surface area contributed by atoms with Crippen molar-refractivity contribution in [2.24, 2.45) is 0 Å². The van der Waals surface area contributed by atoms with E-state index in [1.54, 1.807) is 19.1 Å². The summed E-state index contributed by atoms with van der Waals surface area (Å²) < 4.78 is 24.6. The molecule has 0 spiro atoms. The molecule has 1 amide bonds. The number of rotatable bonds is 8. The second-order valence-corrected chi connectivity index (χ2v) is 6.50. The van der Waals surface area contributed by atoms with Crippen LogP contribution < -0.4 is 14.8 Å². The Morgan fingerprint density at radius 3 is 2.39 bits per heavy atom. The Morgan fingerprint density at radius 1 is 1.06 bits per heavy atom. The number of anilines is 1. The van der Waals surface area contributed by atoms with E-state index < -0.39 is 17.7 Å². The summed E-state index contributed by atoms with van der Waals surface area (Å²) in [4.78, 5) is 27.6. The molecule has 31 heavy (non-hydrogen) atoms. The third kappa shape index (κ3) is 5.89. The number of carboxylic acids is 1. The first-order valence-corrected chi connectivity index (χ1v) is 9.22. The first-order chi connectivity index (χ1) is 14.8. The van der Waals surface area contributed by atoms with Crippen LogP contribution in [0.5, 0.6) is 17.2 Å². The molecule has 1 atom stereocenters. The molecule has 0 saturated heterocycles. The van der Waals surface area contributed by atoms with Gasteiger partial charge in [-0.2, -0.15) is 0 Å². The van der Waals surface area contributed by atoms with Crippen LogP contribution in [0, 0.1) is 5.82 Å². The quantitative estimate of drug-likeness (QED) is 0.500. The highest BCUT2D eigenvalue weighted by atomic mass is 19.1. The Bertz CT molecular complexity index is 1100. The van der Waals surface area contributed by atoms with Crippen molar-refractivity contribution in [1.29, 1.82) is 0 Å². The first kappa shape index (κ1) is 21.5. The summed E-state index contributed by atoms with van der Waals surface area (Å²) in [6.45, 7) is 5.45. The molecule has 0 unspecified atom stereocenters. The Hall–Kier alpha value is -4.20. The molecular formula is C23H19FN2O5. The number of pyridine rings is 1. The molecule has 158 valence electrons. The summed E-state index contributed by atoms with van der Waals surface area (Å²) in [7, 11) is 0. The number of carbonyl (C=O) groups is 2. The van der Waals surface area contributed by atoms with Crippen LogP contribution in [0.15, 0.2) is 73.4 Å². The fraction of sp³-hybridized carbons (Fsp3) is 0.0870. The predicted octanol–water partition coefficient (Wildman–Crippen LogP) is 4.92. The lowest BCUT2D eigenvalue weighted by atomic mass is 10.1. The molecule has 1 aromatic heterocycles. The second kappa shape index (κ2) is 9.53. The number of hydrogen-bond acceptors (Lipinski definition) is 5. The topological polar surface area (TPSA) is 97.8 Å². The number of aromatic carboxylic acids is 1. The number of benzene rings is 2. The minimum Gasteiger partial charge on any atom is -0.487 e. The second-order valence-electron chi connectivity index (χ2n) is 6.50. The highest BCUT2D eigenvalue weighted by Gasteiger charge is 2.14. The van der Waals surface area contributed by atoms with E-state index in [4.69, 9.17) is 14.6 Å². The predicted molar refractivity (Wildman–Crippen MR) is 112 cm³/mol. The standard InChI is InChI=1S/C23H19FN2O5/c1-3-14(2)30-19-10-16(11-20(12-19)31-18-7-5-17(24)6-8-18)22(27)26-21-9-4-15(13-25-21)23(28)29/h3-14H,1H2,2H3,(H,28,29)(H,25,26,27)/t14-/m0/s1. The van der Waals surface area contributed by atoms with Crippen molar-refractivity contribution in [1.82, 2.24) is 4.98 Å². The van der Waals surface area contributed by atoms with Gasteiger partial charge in [0, 0.05) is 17.8 Å². The van der Waals surface area contributed by atoms with Crippen molar-refractivity contribution < 1.29 is 28.6 Å². The number of ether oxygens (including phenoxy) is 2. The molecule has 0 saturated carbocycles. The van der Waals surface area contributed by atoms with Gasteiger partial charge < -0.3 is 19.9 Å². The Morgan fingerprint density at radius 2 is 1.77 bits per heavy atom. The van der Waals surface area contributed by atoms with Gasteiger partial charge in [-0.1, -0.05) is 12.7 Å². The summed E-state index contributed by atoms with van der Waals surface area (Å²) in [5.41, 5.74) is 0.219. The van der Waals surface area contributed by atoms with Gasteiger partial charge in [0.15, 0.2) is 0 Å². The largest absolute Gasteiger partial charge is 0.487 e. The van der Waals surface area contributed by atoms with E-state index in [-0.39, 0.29) is 23.0 Å². The van der Waals surface area contributed by atoms with Crippen LogP contribution in [-0.4, -0.2) is 28.1 Å². The summed E-state index contributed by atoms with van der Waals surface area (Å²) in [5.74, 6) is -0.781. The zero-order valence-corrected chi connectivity index (χ0v) is 16.5. The normalized spacial score (nSPS) is 11.3. The lowest BCUT2D eigenvalue weighted by molar-refractivity contribution is 0.0696. The van der Waals surface area contributed by atoms with Gasteiger partial charge in [-0.15, -0.1) is 0 Å². The van der Waals surface area contributed by atoms with Crippen LogP contribution in [0.3, 0.4) is 0 Å². The highest BCUT2D eigenvalue weighted by molar-refractivity contribution is 6.04. The molecule has 0 fully saturated rings. The average molecular weight is 422 g/mol. The number of nitrogens with one attached hydrogen (secondary N) is 1. The fourth-order valence-corrected chi connectivity index (χ4v) is 2.51. The molecule has 0 aliphatic rings. The number of halogens is 1. The maximum atomic E-state index is 13.1. The maximum Gasteiger partial charge on any atom is 0.337 e. The van der Waals surface area contributed by atoms with E-state index in [1.807, 2.05) is 0 Å². The Labute approximate surface area is 177 Å². The van der Waals surface area contributed by atoms with Gasteiger partial charge in [0.25, 0.3) is 5.91 Å². The number of nitrogens with zero attached hydrogens (tertiary/aromatic N) is 1. The van der Waals surface area contributed by atoms with E-state index in [0.29, 0.717) is 17.2 Å². The Balaban J connectivity index is 1.86. The zero-order valence-electron chi connectivity index (χ0n) is 16.5. The molecule has 1 heterocycles. The van der Waals surface area contributed by atoms with Gasteiger partial charge in [-0.25, -0.2) is 14.2 Å². The number of amides is 1. The minimum absolute atomic E-state index is 0.00166. The van der Waals surface area contributed by atoms with Crippen LogP contribution in [0.4, 0.5) is 10.2 Å². The van der Waals surface area contributed by atoms with E-state index >= 15 is 0 Å². The summed E-state index contributed by atoms with van der Waals surface area (Å²) in [6, 6.07) is 12.8. The van der Waals surface area contributed by atoms with Crippen molar-refractivity contribution in [2.45, 2.75) is 13.0 Å². The van der Waals surface area contributed by atoms with Crippen molar-refractivity contribution in [3.8, 4) is 17.2 Å². The van der Waals surface area contributed by atoms with Gasteiger partial charge in [0.1, 0.15) is 35.0 Å². The molecule has 3 rings (SSSR count). The van der Waals surface area contributed by atoms with Gasteiger partial charge in [-0.3, -0.25) is 4.79 Å². The molecule has 0 radical (unpaired) electrons. The average Bonchev–Trinajstić information content (AvgIpc) is 2.75. The zero-order chi connectivity index (χ0) is 22.4. The molecule has 2 aromatic carbocycles.